The predicted octanol–water partition coefficient (Wildman–Crippen LogP) is 3.96. The summed E-state index contributed by atoms with van der Waals surface area (Å²) in [7, 11) is -2.50. The van der Waals surface area contributed by atoms with E-state index in [1.165, 1.54) is 42.7 Å². The minimum absolute atomic E-state index is 0.0146. The molecule has 0 aliphatic rings. The molecule has 1 aromatic heterocycles. The molecule has 0 saturated carbocycles. The second kappa shape index (κ2) is 9.46. The van der Waals surface area contributed by atoms with Crippen molar-refractivity contribution in [2.24, 2.45) is 0 Å². The van der Waals surface area contributed by atoms with Crippen molar-refractivity contribution in [3.8, 4) is 10.6 Å². The van der Waals surface area contributed by atoms with E-state index in [-0.39, 0.29) is 22.8 Å². The number of benzene rings is 2. The van der Waals surface area contributed by atoms with E-state index in [1.807, 2.05) is 5.38 Å². The van der Waals surface area contributed by atoms with Crippen LogP contribution in [0.25, 0.3) is 10.6 Å². The molecule has 0 fully saturated rings. The minimum Gasteiger partial charge on any atom is -0.465 e. The molecule has 30 heavy (non-hydrogen) atoms. The maximum Gasteiger partial charge on any atom is 0.338 e. The summed E-state index contributed by atoms with van der Waals surface area (Å²) in [4.78, 5) is 16.3. The highest BCUT2D eigenvalue weighted by molar-refractivity contribution is 7.89. The number of nitrogens with zero attached hydrogens (tertiary/aromatic N) is 1. The molecule has 0 aliphatic carbocycles. The Morgan fingerprint density at radius 2 is 1.93 bits per heavy atom. The van der Waals surface area contributed by atoms with Gasteiger partial charge in [0.1, 0.15) is 10.8 Å². The van der Waals surface area contributed by atoms with Crippen molar-refractivity contribution in [2.75, 3.05) is 13.7 Å². The van der Waals surface area contributed by atoms with Crippen molar-refractivity contribution in [1.82, 2.24) is 9.71 Å². The Hall–Kier alpha value is -2.62. The third-order valence-electron chi connectivity index (χ3n) is 4.47. The van der Waals surface area contributed by atoms with Crippen molar-refractivity contribution in [3.05, 3.63) is 70.5 Å². The Balaban J connectivity index is 1.57. The van der Waals surface area contributed by atoms with Crippen LogP contribution in [0.15, 0.2) is 52.7 Å². The Labute approximate surface area is 178 Å². The summed E-state index contributed by atoms with van der Waals surface area (Å²) in [6.45, 7) is 1.94. The zero-order valence-electron chi connectivity index (χ0n) is 16.5. The standard InChI is InChI=1S/C21H21FN2O4S2/c1-14-5-10-18(12-19(14)21(25)28-2)30(26,27)23-11-3-4-17-13-29-20(24-17)15-6-8-16(22)9-7-15/h5-10,12-13,23H,3-4,11H2,1-2H3. The monoisotopic (exact) mass is 448 g/mol. The molecule has 3 aromatic rings. The molecule has 0 radical (unpaired) electrons. The predicted molar refractivity (Wildman–Crippen MR) is 114 cm³/mol. The SMILES string of the molecule is COC(=O)c1cc(S(=O)(=O)NCCCc2csc(-c3ccc(F)cc3)n2)ccc1C. The molecule has 6 nitrogen and oxygen atoms in total. The number of sulfonamides is 1. The van der Waals surface area contributed by atoms with E-state index in [0.29, 0.717) is 18.4 Å². The quantitative estimate of drug-likeness (QED) is 0.417. The molecule has 2 aromatic carbocycles. The van der Waals surface area contributed by atoms with Gasteiger partial charge in [0.15, 0.2) is 0 Å². The summed E-state index contributed by atoms with van der Waals surface area (Å²) in [5.41, 5.74) is 2.55. The number of nitrogens with one attached hydrogen (secondary N) is 1. The average Bonchev–Trinajstić information content (AvgIpc) is 3.20. The number of carbonyl (C=O) groups excluding carboxylic acids is 1. The van der Waals surface area contributed by atoms with Crippen molar-refractivity contribution >= 4 is 27.3 Å². The molecule has 0 atom stereocenters. The average molecular weight is 449 g/mol. The van der Waals surface area contributed by atoms with Gasteiger partial charge >= 0.3 is 5.97 Å². The number of aryl methyl sites for hydroxylation is 2. The molecule has 0 amide bonds. The molecule has 158 valence electrons. The van der Waals surface area contributed by atoms with E-state index in [0.717, 1.165) is 16.3 Å². The smallest absolute Gasteiger partial charge is 0.338 e. The van der Waals surface area contributed by atoms with Crippen LogP contribution in [0.4, 0.5) is 4.39 Å². The van der Waals surface area contributed by atoms with Gasteiger partial charge in [-0.05, 0) is 61.7 Å². The summed E-state index contributed by atoms with van der Waals surface area (Å²) < 4.78 is 45.3. The van der Waals surface area contributed by atoms with Crippen molar-refractivity contribution in [1.29, 1.82) is 0 Å². The fourth-order valence-corrected chi connectivity index (χ4v) is 4.76. The van der Waals surface area contributed by atoms with Gasteiger partial charge in [-0.1, -0.05) is 6.07 Å². The zero-order chi connectivity index (χ0) is 21.7. The zero-order valence-corrected chi connectivity index (χ0v) is 18.1. The molecule has 1 heterocycles. The van der Waals surface area contributed by atoms with Gasteiger partial charge < -0.3 is 4.74 Å². The van der Waals surface area contributed by atoms with E-state index in [2.05, 4.69) is 9.71 Å². The lowest BCUT2D eigenvalue weighted by Gasteiger charge is -2.09. The lowest BCUT2D eigenvalue weighted by molar-refractivity contribution is 0.0599. The van der Waals surface area contributed by atoms with Crippen LogP contribution in [-0.4, -0.2) is 33.0 Å². The normalized spacial score (nSPS) is 11.4. The van der Waals surface area contributed by atoms with Crippen LogP contribution in [0.1, 0.15) is 28.0 Å². The maximum absolute atomic E-state index is 13.0. The van der Waals surface area contributed by atoms with E-state index < -0.39 is 16.0 Å². The molecule has 0 spiro atoms. The molecule has 0 unspecified atom stereocenters. The second-order valence-corrected chi connectivity index (χ2v) is 9.25. The first-order valence-corrected chi connectivity index (χ1v) is 11.6. The lowest BCUT2D eigenvalue weighted by Crippen LogP contribution is -2.25. The third kappa shape index (κ3) is 5.29. The van der Waals surface area contributed by atoms with Crippen LogP contribution in [-0.2, 0) is 21.2 Å². The van der Waals surface area contributed by atoms with Crippen LogP contribution in [0.5, 0.6) is 0 Å². The number of thiazole rings is 1. The number of aromatic nitrogens is 1. The summed E-state index contributed by atoms with van der Waals surface area (Å²) in [6, 6.07) is 10.5. The molecular weight excluding hydrogens is 427 g/mol. The first-order valence-electron chi connectivity index (χ1n) is 9.19. The molecule has 1 N–H and O–H groups in total. The molecule has 0 aliphatic heterocycles. The summed E-state index contributed by atoms with van der Waals surface area (Å²) in [5, 5.41) is 2.70. The first-order chi connectivity index (χ1) is 14.3. The number of esters is 1. The van der Waals surface area contributed by atoms with Crippen LogP contribution in [0, 0.1) is 12.7 Å². The topological polar surface area (TPSA) is 85.4 Å². The summed E-state index contributed by atoms with van der Waals surface area (Å²) in [5.74, 6) is -0.875. The molecule has 9 heteroatoms. The van der Waals surface area contributed by atoms with Gasteiger partial charge in [0.05, 0.1) is 23.3 Å². The summed E-state index contributed by atoms with van der Waals surface area (Å²) >= 11 is 1.46. The van der Waals surface area contributed by atoms with Gasteiger partial charge in [-0.2, -0.15) is 0 Å². The number of hydrogen-bond acceptors (Lipinski definition) is 6. The largest absolute Gasteiger partial charge is 0.465 e. The molecule has 0 saturated heterocycles. The Bertz CT molecular complexity index is 1140. The maximum atomic E-state index is 13.0. The van der Waals surface area contributed by atoms with Crippen molar-refractivity contribution in [2.45, 2.75) is 24.7 Å². The number of rotatable bonds is 8. The van der Waals surface area contributed by atoms with Gasteiger partial charge in [0, 0.05) is 17.5 Å². The van der Waals surface area contributed by atoms with E-state index >= 15 is 0 Å². The van der Waals surface area contributed by atoms with E-state index in [9.17, 15) is 17.6 Å². The van der Waals surface area contributed by atoms with Gasteiger partial charge in [0.25, 0.3) is 0 Å². The van der Waals surface area contributed by atoms with E-state index in [4.69, 9.17) is 4.74 Å². The number of halogens is 1. The van der Waals surface area contributed by atoms with Gasteiger partial charge in [-0.3, -0.25) is 0 Å². The number of methoxy groups -OCH3 is 1. The third-order valence-corrected chi connectivity index (χ3v) is 6.87. The highest BCUT2D eigenvalue weighted by atomic mass is 32.2. The fraction of sp³-hybridized carbons (Fsp3) is 0.238. The van der Waals surface area contributed by atoms with Gasteiger partial charge in [0.2, 0.25) is 10.0 Å². The van der Waals surface area contributed by atoms with Crippen LogP contribution in [0.2, 0.25) is 0 Å². The van der Waals surface area contributed by atoms with Crippen molar-refractivity contribution in [3.63, 3.8) is 0 Å². The number of carbonyl (C=O) groups is 1. The van der Waals surface area contributed by atoms with Crippen LogP contribution < -0.4 is 4.72 Å². The van der Waals surface area contributed by atoms with Gasteiger partial charge in [-0.25, -0.2) is 27.3 Å². The number of ether oxygens (including phenoxy) is 1. The fourth-order valence-electron chi connectivity index (χ4n) is 2.80. The van der Waals surface area contributed by atoms with Crippen LogP contribution >= 0.6 is 11.3 Å². The van der Waals surface area contributed by atoms with Gasteiger partial charge in [-0.15, -0.1) is 11.3 Å². The minimum atomic E-state index is -3.75. The van der Waals surface area contributed by atoms with Crippen LogP contribution in [0.3, 0.4) is 0 Å². The Kier molecular flexibility index (Phi) is 6.96. The highest BCUT2D eigenvalue weighted by Crippen LogP contribution is 2.24. The van der Waals surface area contributed by atoms with E-state index in [1.54, 1.807) is 25.1 Å². The number of hydrogen-bond donors (Lipinski definition) is 1. The first kappa shape index (κ1) is 22.1. The Morgan fingerprint density at radius 1 is 1.20 bits per heavy atom. The van der Waals surface area contributed by atoms with Crippen molar-refractivity contribution < 1.29 is 22.3 Å². The summed E-state index contributed by atoms with van der Waals surface area (Å²) in [6.07, 6.45) is 1.16. The lowest BCUT2D eigenvalue weighted by atomic mass is 10.1. The highest BCUT2D eigenvalue weighted by Gasteiger charge is 2.18. The second-order valence-electron chi connectivity index (χ2n) is 6.62. The Morgan fingerprint density at radius 3 is 2.63 bits per heavy atom. The molecule has 3 rings (SSSR count). The molecule has 0 bridgehead atoms. The molecular formula is C21H21FN2O4S2.